The Labute approximate surface area is 105 Å². The number of fused-ring (bicyclic) bond motifs is 2. The minimum absolute atomic E-state index is 0.594. The average molecular weight is 229 g/mol. The van der Waals surface area contributed by atoms with E-state index in [-0.39, 0.29) is 0 Å². The predicted octanol–water partition coefficient (Wildman–Crippen LogP) is 3.77. The van der Waals surface area contributed by atoms with E-state index < -0.39 is 0 Å². The first-order chi connectivity index (χ1) is 8.38. The minimum Gasteiger partial charge on any atom is -0.310 e. The molecule has 17 heavy (non-hydrogen) atoms. The number of hydrogen-bond acceptors (Lipinski definition) is 1. The molecule has 2 saturated carbocycles. The Morgan fingerprint density at radius 2 is 2.00 bits per heavy atom. The molecule has 2 fully saturated rings. The maximum absolute atomic E-state index is 3.73. The van der Waals surface area contributed by atoms with Gasteiger partial charge < -0.3 is 5.32 Å². The standard InChI is InChI=1S/C16H23N/c1-2-17-16(13-6-4-3-5-7-13)15-11-12-8-9-14(15)10-12/h3-7,12,14-17H,2,8-11H2,1H3. The number of nitrogens with one attached hydrogen (secondary N) is 1. The van der Waals surface area contributed by atoms with E-state index in [0.29, 0.717) is 6.04 Å². The van der Waals surface area contributed by atoms with Crippen molar-refractivity contribution in [3.05, 3.63) is 35.9 Å². The van der Waals surface area contributed by atoms with Crippen molar-refractivity contribution in [1.29, 1.82) is 0 Å². The molecule has 1 aromatic rings. The molecule has 1 heteroatoms. The fraction of sp³-hybridized carbons (Fsp3) is 0.625. The second-order valence-corrected chi connectivity index (χ2v) is 5.78. The van der Waals surface area contributed by atoms with E-state index in [0.717, 1.165) is 24.3 Å². The van der Waals surface area contributed by atoms with Gasteiger partial charge in [0.05, 0.1) is 0 Å². The van der Waals surface area contributed by atoms with Crippen molar-refractivity contribution in [1.82, 2.24) is 5.32 Å². The van der Waals surface area contributed by atoms with Crippen molar-refractivity contribution in [2.24, 2.45) is 17.8 Å². The SMILES string of the molecule is CCNC(c1ccccc1)C1CC2CCC1C2. The molecule has 0 saturated heterocycles. The van der Waals surface area contributed by atoms with Gasteiger partial charge in [0.1, 0.15) is 0 Å². The lowest BCUT2D eigenvalue weighted by Crippen LogP contribution is -2.31. The zero-order chi connectivity index (χ0) is 11.7. The van der Waals surface area contributed by atoms with Crippen molar-refractivity contribution >= 4 is 0 Å². The highest BCUT2D eigenvalue weighted by molar-refractivity contribution is 5.21. The van der Waals surface area contributed by atoms with E-state index in [9.17, 15) is 0 Å². The topological polar surface area (TPSA) is 12.0 Å². The van der Waals surface area contributed by atoms with E-state index in [1.807, 2.05) is 0 Å². The van der Waals surface area contributed by atoms with Crippen molar-refractivity contribution in [2.45, 2.75) is 38.6 Å². The zero-order valence-corrected chi connectivity index (χ0v) is 10.7. The van der Waals surface area contributed by atoms with Gasteiger partial charge in [-0.25, -0.2) is 0 Å². The summed E-state index contributed by atoms with van der Waals surface area (Å²) in [6.45, 7) is 3.30. The van der Waals surface area contributed by atoms with Gasteiger partial charge >= 0.3 is 0 Å². The molecule has 1 N–H and O–H groups in total. The van der Waals surface area contributed by atoms with Crippen molar-refractivity contribution < 1.29 is 0 Å². The van der Waals surface area contributed by atoms with Crippen LogP contribution in [-0.4, -0.2) is 6.54 Å². The van der Waals surface area contributed by atoms with Crippen LogP contribution < -0.4 is 5.32 Å². The Bertz CT molecular complexity index is 359. The molecule has 4 atom stereocenters. The van der Waals surface area contributed by atoms with E-state index >= 15 is 0 Å². The van der Waals surface area contributed by atoms with E-state index in [2.05, 4.69) is 42.6 Å². The molecule has 1 aromatic carbocycles. The lowest BCUT2D eigenvalue weighted by atomic mass is 9.80. The molecule has 2 aliphatic rings. The number of benzene rings is 1. The summed E-state index contributed by atoms with van der Waals surface area (Å²) in [7, 11) is 0. The Morgan fingerprint density at radius 1 is 1.18 bits per heavy atom. The lowest BCUT2D eigenvalue weighted by Gasteiger charge is -2.31. The summed E-state index contributed by atoms with van der Waals surface area (Å²) >= 11 is 0. The van der Waals surface area contributed by atoms with Crippen LogP contribution in [0.4, 0.5) is 0 Å². The molecule has 4 unspecified atom stereocenters. The molecule has 0 aliphatic heterocycles. The summed E-state index contributed by atoms with van der Waals surface area (Å²) in [4.78, 5) is 0. The van der Waals surface area contributed by atoms with Gasteiger partial charge in [0.15, 0.2) is 0 Å². The molecule has 2 aliphatic carbocycles. The van der Waals surface area contributed by atoms with Crippen LogP contribution in [0.2, 0.25) is 0 Å². The van der Waals surface area contributed by atoms with Crippen molar-refractivity contribution in [2.75, 3.05) is 6.54 Å². The molecule has 92 valence electrons. The molecule has 0 amide bonds. The van der Waals surface area contributed by atoms with Gasteiger partial charge in [-0.1, -0.05) is 43.7 Å². The third-order valence-corrected chi connectivity index (χ3v) is 4.80. The molecule has 0 spiro atoms. The van der Waals surface area contributed by atoms with Crippen molar-refractivity contribution in [3.63, 3.8) is 0 Å². The highest BCUT2D eigenvalue weighted by Crippen LogP contribution is 2.52. The largest absolute Gasteiger partial charge is 0.310 e. The quantitative estimate of drug-likeness (QED) is 0.828. The van der Waals surface area contributed by atoms with E-state index in [1.165, 1.54) is 31.2 Å². The van der Waals surface area contributed by atoms with Gasteiger partial charge in [0.25, 0.3) is 0 Å². The first-order valence-electron chi connectivity index (χ1n) is 7.16. The van der Waals surface area contributed by atoms with Gasteiger partial charge in [0.2, 0.25) is 0 Å². The van der Waals surface area contributed by atoms with Crippen molar-refractivity contribution in [3.8, 4) is 0 Å². The molecule has 0 radical (unpaired) electrons. The number of rotatable bonds is 4. The van der Waals surface area contributed by atoms with Crippen LogP contribution in [0.1, 0.15) is 44.2 Å². The third-order valence-electron chi connectivity index (χ3n) is 4.80. The normalized spacial score (nSPS) is 32.9. The average Bonchev–Trinajstić information content (AvgIpc) is 2.99. The molecule has 0 aromatic heterocycles. The number of hydrogen-bond donors (Lipinski definition) is 1. The van der Waals surface area contributed by atoms with Crippen LogP contribution in [0.3, 0.4) is 0 Å². The second-order valence-electron chi connectivity index (χ2n) is 5.78. The maximum Gasteiger partial charge on any atom is 0.0351 e. The molecular weight excluding hydrogens is 206 g/mol. The third kappa shape index (κ3) is 2.13. The van der Waals surface area contributed by atoms with Gasteiger partial charge in [0, 0.05) is 6.04 Å². The summed E-state index contributed by atoms with van der Waals surface area (Å²) in [5.74, 6) is 2.91. The van der Waals surface area contributed by atoms with E-state index in [1.54, 1.807) is 0 Å². The van der Waals surface area contributed by atoms with Crippen LogP contribution in [0.5, 0.6) is 0 Å². The summed E-state index contributed by atoms with van der Waals surface area (Å²) in [5.41, 5.74) is 1.49. The molecule has 0 heterocycles. The Hall–Kier alpha value is -0.820. The Morgan fingerprint density at radius 3 is 2.59 bits per heavy atom. The van der Waals surface area contributed by atoms with Crippen LogP contribution in [0.15, 0.2) is 30.3 Å². The fourth-order valence-corrected chi connectivity index (χ4v) is 4.10. The first kappa shape index (κ1) is 11.3. The second kappa shape index (κ2) is 4.81. The van der Waals surface area contributed by atoms with Crippen LogP contribution in [0, 0.1) is 17.8 Å². The smallest absolute Gasteiger partial charge is 0.0351 e. The van der Waals surface area contributed by atoms with Crippen LogP contribution in [-0.2, 0) is 0 Å². The summed E-state index contributed by atoms with van der Waals surface area (Å²) in [6.07, 6.45) is 5.93. The van der Waals surface area contributed by atoms with Gasteiger partial charge in [-0.05, 0) is 49.1 Å². The highest BCUT2D eigenvalue weighted by Gasteiger charge is 2.43. The summed E-state index contributed by atoms with van der Waals surface area (Å²) < 4.78 is 0. The van der Waals surface area contributed by atoms with Gasteiger partial charge in [-0.3, -0.25) is 0 Å². The lowest BCUT2D eigenvalue weighted by molar-refractivity contribution is 0.253. The molecule has 3 rings (SSSR count). The Kier molecular flexibility index (Phi) is 3.19. The summed E-state index contributed by atoms with van der Waals surface area (Å²) in [5, 5.41) is 3.73. The van der Waals surface area contributed by atoms with Crippen LogP contribution in [0.25, 0.3) is 0 Å². The van der Waals surface area contributed by atoms with Gasteiger partial charge in [-0.2, -0.15) is 0 Å². The molecule has 2 bridgehead atoms. The zero-order valence-electron chi connectivity index (χ0n) is 10.7. The Balaban J connectivity index is 1.81. The van der Waals surface area contributed by atoms with Gasteiger partial charge in [-0.15, -0.1) is 0 Å². The van der Waals surface area contributed by atoms with Crippen LogP contribution >= 0.6 is 0 Å². The molecule has 1 nitrogen and oxygen atoms in total. The first-order valence-corrected chi connectivity index (χ1v) is 7.16. The predicted molar refractivity (Wildman–Crippen MR) is 71.8 cm³/mol. The fourth-order valence-electron chi connectivity index (χ4n) is 4.10. The minimum atomic E-state index is 0.594. The maximum atomic E-state index is 3.73. The highest BCUT2D eigenvalue weighted by atomic mass is 14.9. The summed E-state index contributed by atoms with van der Waals surface area (Å²) in [6, 6.07) is 11.6. The monoisotopic (exact) mass is 229 g/mol. The molecular formula is C16H23N. The van der Waals surface area contributed by atoms with E-state index in [4.69, 9.17) is 0 Å².